The van der Waals surface area contributed by atoms with Gasteiger partial charge in [-0.2, -0.15) is 0 Å². The second-order valence-corrected chi connectivity index (χ2v) is 5.54. The van der Waals surface area contributed by atoms with Gasteiger partial charge in [-0.1, -0.05) is 18.2 Å². The van der Waals surface area contributed by atoms with E-state index in [-0.39, 0.29) is 5.89 Å². The van der Waals surface area contributed by atoms with Gasteiger partial charge in [-0.25, -0.2) is 4.79 Å². The maximum absolute atomic E-state index is 12.3. The van der Waals surface area contributed by atoms with E-state index in [1.165, 1.54) is 0 Å². The molecule has 6 heteroatoms. The molecule has 0 aliphatic heterocycles. The maximum atomic E-state index is 12.3. The van der Waals surface area contributed by atoms with E-state index in [4.69, 9.17) is 13.9 Å². The topological polar surface area (TPSA) is 74.5 Å². The molecule has 0 spiro atoms. The fourth-order valence-corrected chi connectivity index (χ4v) is 2.33. The molecule has 6 nitrogen and oxygen atoms in total. The Morgan fingerprint density at radius 2 is 1.80 bits per heavy atom. The predicted molar refractivity (Wildman–Crippen MR) is 91.3 cm³/mol. The van der Waals surface area contributed by atoms with Gasteiger partial charge in [0.25, 0.3) is 5.89 Å². The Balaban J connectivity index is 1.73. The first-order valence-electron chi connectivity index (χ1n) is 7.83. The Labute approximate surface area is 145 Å². The zero-order chi connectivity index (χ0) is 17.8. The molecule has 1 aromatic heterocycles. The summed E-state index contributed by atoms with van der Waals surface area (Å²) >= 11 is 0. The molecule has 2 aromatic carbocycles. The van der Waals surface area contributed by atoms with Crippen LogP contribution < -0.4 is 4.74 Å². The van der Waals surface area contributed by atoms with E-state index in [9.17, 15) is 4.79 Å². The second-order valence-electron chi connectivity index (χ2n) is 5.54. The van der Waals surface area contributed by atoms with Crippen molar-refractivity contribution in [1.82, 2.24) is 10.2 Å². The van der Waals surface area contributed by atoms with Gasteiger partial charge in [0.05, 0.1) is 12.7 Å². The standard InChI is InChI=1S/C19H18N2O4/c1-12-6-4-5-7-16(12)19(22)24-13(2)17-20-21-18(25-17)14-8-10-15(23-3)11-9-14/h4-11,13H,1-3H3/t13-/m1/s1. The molecule has 1 heterocycles. The Bertz CT molecular complexity index is 871. The largest absolute Gasteiger partial charge is 0.497 e. The van der Waals surface area contributed by atoms with E-state index in [2.05, 4.69) is 10.2 Å². The molecule has 0 N–H and O–H groups in total. The van der Waals surface area contributed by atoms with Crippen LogP contribution >= 0.6 is 0 Å². The molecule has 0 bridgehead atoms. The highest BCUT2D eigenvalue weighted by Crippen LogP contribution is 2.25. The molecule has 0 amide bonds. The van der Waals surface area contributed by atoms with Crippen LogP contribution in [0.1, 0.15) is 34.8 Å². The van der Waals surface area contributed by atoms with Crippen LogP contribution in [0.25, 0.3) is 11.5 Å². The smallest absolute Gasteiger partial charge is 0.339 e. The van der Waals surface area contributed by atoms with Crippen molar-refractivity contribution in [2.75, 3.05) is 7.11 Å². The van der Waals surface area contributed by atoms with Crippen molar-refractivity contribution in [2.45, 2.75) is 20.0 Å². The molecule has 128 valence electrons. The number of ether oxygens (including phenoxy) is 2. The minimum atomic E-state index is -0.647. The van der Waals surface area contributed by atoms with Gasteiger partial charge >= 0.3 is 5.97 Å². The molecule has 0 saturated carbocycles. The van der Waals surface area contributed by atoms with Gasteiger partial charge in [0, 0.05) is 5.56 Å². The summed E-state index contributed by atoms with van der Waals surface area (Å²) in [4.78, 5) is 12.3. The second kappa shape index (κ2) is 7.17. The van der Waals surface area contributed by atoms with Crippen LogP contribution in [0.4, 0.5) is 0 Å². The number of aryl methyl sites for hydroxylation is 1. The highest BCUT2D eigenvalue weighted by molar-refractivity contribution is 5.91. The Morgan fingerprint density at radius 1 is 1.08 bits per heavy atom. The summed E-state index contributed by atoms with van der Waals surface area (Å²) in [6, 6.07) is 14.5. The third-order valence-electron chi connectivity index (χ3n) is 3.77. The Morgan fingerprint density at radius 3 is 2.48 bits per heavy atom. The minimum Gasteiger partial charge on any atom is -0.497 e. The highest BCUT2D eigenvalue weighted by atomic mass is 16.6. The van der Waals surface area contributed by atoms with Crippen molar-refractivity contribution < 1.29 is 18.7 Å². The van der Waals surface area contributed by atoms with Crippen molar-refractivity contribution in [3.63, 3.8) is 0 Å². The first kappa shape index (κ1) is 16.7. The molecule has 0 radical (unpaired) electrons. The number of nitrogens with zero attached hydrogens (tertiary/aromatic N) is 2. The molecule has 0 unspecified atom stereocenters. The van der Waals surface area contributed by atoms with Crippen LogP contribution in [0.15, 0.2) is 52.9 Å². The van der Waals surface area contributed by atoms with E-state index in [0.717, 1.165) is 16.9 Å². The first-order chi connectivity index (χ1) is 12.1. The van der Waals surface area contributed by atoms with Gasteiger partial charge in [0.1, 0.15) is 5.75 Å². The summed E-state index contributed by atoms with van der Waals surface area (Å²) < 4.78 is 16.2. The van der Waals surface area contributed by atoms with Gasteiger partial charge in [-0.15, -0.1) is 10.2 Å². The number of aromatic nitrogens is 2. The lowest BCUT2D eigenvalue weighted by molar-refractivity contribution is 0.0279. The lowest BCUT2D eigenvalue weighted by Gasteiger charge is -2.10. The summed E-state index contributed by atoms with van der Waals surface area (Å²) in [5.74, 6) is 0.919. The average Bonchev–Trinajstić information content (AvgIpc) is 3.12. The number of hydrogen-bond acceptors (Lipinski definition) is 6. The zero-order valence-electron chi connectivity index (χ0n) is 14.2. The van der Waals surface area contributed by atoms with Crippen molar-refractivity contribution >= 4 is 5.97 Å². The quantitative estimate of drug-likeness (QED) is 0.655. The van der Waals surface area contributed by atoms with E-state index >= 15 is 0 Å². The van der Waals surface area contributed by atoms with E-state index < -0.39 is 12.1 Å². The molecule has 0 aliphatic carbocycles. The molecule has 0 saturated heterocycles. The minimum absolute atomic E-state index is 0.243. The molecule has 0 aliphatic rings. The van der Waals surface area contributed by atoms with Crippen molar-refractivity contribution in [2.24, 2.45) is 0 Å². The van der Waals surface area contributed by atoms with Crippen LogP contribution in [-0.4, -0.2) is 23.3 Å². The summed E-state index contributed by atoms with van der Waals surface area (Å²) in [6.45, 7) is 3.55. The lowest BCUT2D eigenvalue weighted by Crippen LogP contribution is -2.10. The third kappa shape index (κ3) is 3.68. The van der Waals surface area contributed by atoms with Crippen molar-refractivity contribution in [1.29, 1.82) is 0 Å². The Kier molecular flexibility index (Phi) is 4.79. The zero-order valence-corrected chi connectivity index (χ0v) is 14.2. The third-order valence-corrected chi connectivity index (χ3v) is 3.77. The number of methoxy groups -OCH3 is 1. The van der Waals surface area contributed by atoms with E-state index in [1.54, 1.807) is 38.3 Å². The molecule has 3 aromatic rings. The monoisotopic (exact) mass is 338 g/mol. The fraction of sp³-hybridized carbons (Fsp3) is 0.211. The van der Waals surface area contributed by atoms with Crippen LogP contribution in [0.5, 0.6) is 5.75 Å². The maximum Gasteiger partial charge on any atom is 0.339 e. The molecule has 25 heavy (non-hydrogen) atoms. The molecular weight excluding hydrogens is 320 g/mol. The normalized spacial score (nSPS) is 11.8. The highest BCUT2D eigenvalue weighted by Gasteiger charge is 2.20. The average molecular weight is 338 g/mol. The van der Waals surface area contributed by atoms with Crippen LogP contribution in [0, 0.1) is 6.92 Å². The molecule has 3 rings (SSSR count). The van der Waals surface area contributed by atoms with Gasteiger partial charge in [0.15, 0.2) is 6.10 Å². The number of esters is 1. The van der Waals surface area contributed by atoms with Crippen molar-refractivity contribution in [3.8, 4) is 17.2 Å². The summed E-state index contributed by atoms with van der Waals surface area (Å²) in [5, 5.41) is 7.99. The van der Waals surface area contributed by atoms with E-state index in [0.29, 0.717) is 11.5 Å². The number of carbonyl (C=O) groups excluding carboxylic acids is 1. The summed E-state index contributed by atoms with van der Waals surface area (Å²) in [5.41, 5.74) is 2.13. The lowest BCUT2D eigenvalue weighted by atomic mass is 10.1. The number of carbonyl (C=O) groups is 1. The fourth-order valence-electron chi connectivity index (χ4n) is 2.33. The number of benzene rings is 2. The first-order valence-corrected chi connectivity index (χ1v) is 7.83. The van der Waals surface area contributed by atoms with Crippen LogP contribution in [0.2, 0.25) is 0 Å². The molecule has 0 fully saturated rings. The summed E-state index contributed by atoms with van der Waals surface area (Å²) in [6.07, 6.45) is -0.647. The SMILES string of the molecule is COc1ccc(-c2nnc([C@@H](C)OC(=O)c3ccccc3C)o2)cc1. The molecule has 1 atom stereocenters. The number of rotatable bonds is 5. The van der Waals surface area contributed by atoms with Gasteiger partial charge in [-0.05, 0) is 49.7 Å². The van der Waals surface area contributed by atoms with Crippen molar-refractivity contribution in [3.05, 3.63) is 65.5 Å². The van der Waals surface area contributed by atoms with Gasteiger partial charge < -0.3 is 13.9 Å². The van der Waals surface area contributed by atoms with E-state index in [1.807, 2.05) is 31.2 Å². The predicted octanol–water partition coefficient (Wildman–Crippen LogP) is 3.97. The van der Waals surface area contributed by atoms with Crippen LogP contribution in [-0.2, 0) is 4.74 Å². The van der Waals surface area contributed by atoms with Gasteiger partial charge in [0.2, 0.25) is 5.89 Å². The molecular formula is C19H18N2O4. The Hall–Kier alpha value is -3.15. The number of hydrogen-bond donors (Lipinski definition) is 0. The summed E-state index contributed by atoms with van der Waals surface area (Å²) in [7, 11) is 1.60. The van der Waals surface area contributed by atoms with Gasteiger partial charge in [-0.3, -0.25) is 0 Å². The van der Waals surface area contributed by atoms with Crippen LogP contribution in [0.3, 0.4) is 0 Å².